The topological polar surface area (TPSA) is 54.3 Å². The van der Waals surface area contributed by atoms with Crippen LogP contribution in [-0.2, 0) is 18.3 Å². The molecule has 2 rings (SSSR count). The molecule has 0 aromatic carbocycles. The smallest absolute Gasteiger partial charge is 0.223 e. The summed E-state index contributed by atoms with van der Waals surface area (Å²) in [5.41, 5.74) is 0. The molecule has 20 heavy (non-hydrogen) atoms. The molecule has 1 aromatic heterocycles. The summed E-state index contributed by atoms with van der Waals surface area (Å²) in [7, 11) is 1.91. The maximum absolute atomic E-state index is 12.2. The molecular formula is C14H25N5O. The van der Waals surface area contributed by atoms with Crippen molar-refractivity contribution in [3.8, 4) is 0 Å². The molecule has 0 saturated carbocycles. The van der Waals surface area contributed by atoms with Crippen molar-refractivity contribution in [3.05, 3.63) is 12.2 Å². The first-order chi connectivity index (χ1) is 9.65. The minimum atomic E-state index is 0.239. The Morgan fingerprint density at radius 2 is 2.20 bits per heavy atom. The highest BCUT2D eigenvalue weighted by molar-refractivity contribution is 5.76. The molecule has 6 heteroatoms. The Bertz CT molecular complexity index is 441. The number of hydrogen-bond acceptors (Lipinski definition) is 4. The van der Waals surface area contributed by atoms with E-state index in [4.69, 9.17) is 0 Å². The Morgan fingerprint density at radius 1 is 1.45 bits per heavy atom. The third kappa shape index (κ3) is 3.36. The van der Waals surface area contributed by atoms with Gasteiger partial charge in [-0.05, 0) is 19.5 Å². The van der Waals surface area contributed by atoms with Crippen LogP contribution in [0.15, 0.2) is 6.33 Å². The van der Waals surface area contributed by atoms with Crippen LogP contribution in [-0.4, -0.2) is 62.7 Å². The summed E-state index contributed by atoms with van der Waals surface area (Å²) in [6.07, 6.45) is 3.96. The van der Waals surface area contributed by atoms with Gasteiger partial charge in [-0.15, -0.1) is 10.2 Å². The molecule has 1 saturated heterocycles. The molecule has 2 heterocycles. The average Bonchev–Trinajstić information content (AvgIpc) is 3.07. The third-order valence-corrected chi connectivity index (χ3v) is 4.21. The van der Waals surface area contributed by atoms with E-state index in [1.54, 1.807) is 6.33 Å². The number of carbonyl (C=O) groups excluding carboxylic acids is 1. The lowest BCUT2D eigenvalue weighted by atomic mass is 10.2. The van der Waals surface area contributed by atoms with E-state index < -0.39 is 0 Å². The summed E-state index contributed by atoms with van der Waals surface area (Å²) in [6, 6.07) is 0.531. The highest BCUT2D eigenvalue weighted by Gasteiger charge is 2.28. The standard InChI is InChI=1S/C14H25N5O/c1-4-18(5-2)12-8-9-19(10-12)14(20)7-6-13-16-15-11-17(13)3/h11-12H,4-10H2,1-3H3/t12-/m0/s1. The van der Waals surface area contributed by atoms with Gasteiger partial charge in [-0.3, -0.25) is 9.69 Å². The minimum absolute atomic E-state index is 0.239. The van der Waals surface area contributed by atoms with E-state index >= 15 is 0 Å². The molecule has 1 fully saturated rings. The SMILES string of the molecule is CCN(CC)[C@H]1CCN(C(=O)CCc2nncn2C)C1. The number of aromatic nitrogens is 3. The molecule has 1 aliphatic heterocycles. The van der Waals surface area contributed by atoms with E-state index in [-0.39, 0.29) is 5.91 Å². The highest BCUT2D eigenvalue weighted by Crippen LogP contribution is 2.16. The number of hydrogen-bond donors (Lipinski definition) is 0. The lowest BCUT2D eigenvalue weighted by Crippen LogP contribution is -2.38. The number of carbonyl (C=O) groups is 1. The number of nitrogens with zero attached hydrogens (tertiary/aromatic N) is 5. The van der Waals surface area contributed by atoms with Crippen molar-refractivity contribution >= 4 is 5.91 Å². The number of likely N-dealkylation sites (tertiary alicyclic amines) is 1. The van der Waals surface area contributed by atoms with Gasteiger partial charge in [0.2, 0.25) is 5.91 Å². The quantitative estimate of drug-likeness (QED) is 0.769. The Balaban J connectivity index is 1.81. The van der Waals surface area contributed by atoms with Crippen LogP contribution < -0.4 is 0 Å². The van der Waals surface area contributed by atoms with E-state index in [1.807, 2.05) is 16.5 Å². The van der Waals surface area contributed by atoms with Crippen LogP contribution in [0.25, 0.3) is 0 Å². The molecule has 1 atom stereocenters. The monoisotopic (exact) mass is 279 g/mol. The fourth-order valence-corrected chi connectivity index (χ4v) is 2.92. The second-order valence-corrected chi connectivity index (χ2v) is 5.36. The molecule has 0 N–H and O–H groups in total. The zero-order valence-electron chi connectivity index (χ0n) is 12.7. The van der Waals surface area contributed by atoms with Crippen LogP contribution in [0.3, 0.4) is 0 Å². The molecule has 0 spiro atoms. The molecule has 0 radical (unpaired) electrons. The summed E-state index contributed by atoms with van der Waals surface area (Å²) < 4.78 is 1.87. The molecule has 0 aliphatic carbocycles. The van der Waals surface area contributed by atoms with Crippen LogP contribution in [0, 0.1) is 0 Å². The molecular weight excluding hydrogens is 254 g/mol. The summed E-state index contributed by atoms with van der Waals surface area (Å²) in [6.45, 7) is 8.24. The minimum Gasteiger partial charge on any atom is -0.341 e. The fourth-order valence-electron chi connectivity index (χ4n) is 2.92. The number of likely N-dealkylation sites (N-methyl/N-ethyl adjacent to an activating group) is 1. The predicted molar refractivity (Wildman–Crippen MR) is 77.2 cm³/mol. The zero-order valence-corrected chi connectivity index (χ0v) is 12.7. The molecule has 0 unspecified atom stereocenters. The zero-order chi connectivity index (χ0) is 14.5. The predicted octanol–water partition coefficient (Wildman–Crippen LogP) is 0.690. The molecule has 112 valence electrons. The Hall–Kier alpha value is -1.43. The van der Waals surface area contributed by atoms with E-state index in [0.717, 1.165) is 38.4 Å². The first-order valence-corrected chi connectivity index (χ1v) is 7.50. The van der Waals surface area contributed by atoms with Gasteiger partial charge in [-0.2, -0.15) is 0 Å². The van der Waals surface area contributed by atoms with Gasteiger partial charge in [0.25, 0.3) is 0 Å². The first-order valence-electron chi connectivity index (χ1n) is 7.50. The van der Waals surface area contributed by atoms with Crippen molar-refractivity contribution in [2.24, 2.45) is 7.05 Å². The largest absolute Gasteiger partial charge is 0.341 e. The number of amides is 1. The van der Waals surface area contributed by atoms with E-state index in [1.165, 1.54) is 0 Å². The van der Waals surface area contributed by atoms with Gasteiger partial charge in [0.05, 0.1) is 0 Å². The molecule has 1 aromatic rings. The van der Waals surface area contributed by atoms with Gasteiger partial charge < -0.3 is 9.47 Å². The van der Waals surface area contributed by atoms with Crippen molar-refractivity contribution in [1.82, 2.24) is 24.6 Å². The average molecular weight is 279 g/mol. The summed E-state index contributed by atoms with van der Waals surface area (Å²) >= 11 is 0. The molecule has 0 bridgehead atoms. The van der Waals surface area contributed by atoms with Gasteiger partial charge in [-0.25, -0.2) is 0 Å². The highest BCUT2D eigenvalue weighted by atomic mass is 16.2. The van der Waals surface area contributed by atoms with Crippen LogP contribution in [0.4, 0.5) is 0 Å². The Morgan fingerprint density at radius 3 is 2.80 bits per heavy atom. The fraction of sp³-hybridized carbons (Fsp3) is 0.786. The van der Waals surface area contributed by atoms with Crippen LogP contribution in [0.2, 0.25) is 0 Å². The van der Waals surface area contributed by atoms with E-state index in [0.29, 0.717) is 18.9 Å². The van der Waals surface area contributed by atoms with Crippen molar-refractivity contribution in [1.29, 1.82) is 0 Å². The molecule has 6 nitrogen and oxygen atoms in total. The number of aryl methyl sites for hydroxylation is 2. The van der Waals surface area contributed by atoms with E-state index in [2.05, 4.69) is 28.9 Å². The summed E-state index contributed by atoms with van der Waals surface area (Å²) in [5.74, 6) is 1.11. The third-order valence-electron chi connectivity index (χ3n) is 4.21. The van der Waals surface area contributed by atoms with Gasteiger partial charge in [0.1, 0.15) is 12.2 Å². The van der Waals surface area contributed by atoms with Crippen molar-refractivity contribution in [3.63, 3.8) is 0 Å². The van der Waals surface area contributed by atoms with Crippen LogP contribution >= 0.6 is 0 Å². The van der Waals surface area contributed by atoms with Gasteiger partial charge in [0, 0.05) is 39.0 Å². The van der Waals surface area contributed by atoms with E-state index in [9.17, 15) is 4.79 Å². The Labute approximate surface area is 120 Å². The molecule has 1 aliphatic rings. The first kappa shape index (κ1) is 15.0. The van der Waals surface area contributed by atoms with Crippen molar-refractivity contribution < 1.29 is 4.79 Å². The normalized spacial score (nSPS) is 19.0. The maximum atomic E-state index is 12.2. The summed E-state index contributed by atoms with van der Waals surface area (Å²) in [4.78, 5) is 16.7. The Kier molecular flexibility index (Phi) is 5.11. The van der Waals surface area contributed by atoms with Gasteiger partial charge in [0.15, 0.2) is 0 Å². The van der Waals surface area contributed by atoms with Gasteiger partial charge in [-0.1, -0.05) is 13.8 Å². The lowest BCUT2D eigenvalue weighted by molar-refractivity contribution is -0.130. The summed E-state index contributed by atoms with van der Waals surface area (Å²) in [5, 5.41) is 7.85. The lowest BCUT2D eigenvalue weighted by Gasteiger charge is -2.26. The van der Waals surface area contributed by atoms with Crippen molar-refractivity contribution in [2.75, 3.05) is 26.2 Å². The second-order valence-electron chi connectivity index (χ2n) is 5.36. The van der Waals surface area contributed by atoms with Crippen LogP contribution in [0.5, 0.6) is 0 Å². The van der Waals surface area contributed by atoms with Crippen molar-refractivity contribution in [2.45, 2.75) is 39.2 Å². The molecule has 1 amide bonds. The maximum Gasteiger partial charge on any atom is 0.223 e. The number of rotatable bonds is 6. The second kappa shape index (κ2) is 6.83. The van der Waals surface area contributed by atoms with Crippen LogP contribution in [0.1, 0.15) is 32.5 Å². The van der Waals surface area contributed by atoms with Gasteiger partial charge >= 0.3 is 0 Å².